The van der Waals surface area contributed by atoms with Gasteiger partial charge in [-0.1, -0.05) is 66.7 Å². The Morgan fingerprint density at radius 2 is 1.67 bits per heavy atom. The number of nitrogens with zero attached hydrogens (tertiary/aromatic N) is 1. The first-order valence-electron chi connectivity index (χ1n) is 7.94. The van der Waals surface area contributed by atoms with Crippen molar-refractivity contribution < 1.29 is 4.79 Å². The standard InChI is InChI=1S/C20H24N2O.ClH/c1-2-14-22(15-13-17-9-5-3-6-10-17)20(23)16-19(21)18-11-7-4-8-12-18;/h2-12,19H,1,13-16,21H2;1H. The van der Waals surface area contributed by atoms with Gasteiger partial charge in [-0.15, -0.1) is 19.0 Å². The summed E-state index contributed by atoms with van der Waals surface area (Å²) in [6.07, 6.45) is 2.91. The monoisotopic (exact) mass is 344 g/mol. The van der Waals surface area contributed by atoms with Crippen LogP contribution in [-0.4, -0.2) is 23.9 Å². The van der Waals surface area contributed by atoms with Crippen LogP contribution < -0.4 is 5.73 Å². The van der Waals surface area contributed by atoms with E-state index in [0.29, 0.717) is 19.5 Å². The molecule has 2 aromatic carbocycles. The Hall–Kier alpha value is -2.10. The summed E-state index contributed by atoms with van der Waals surface area (Å²) in [6.45, 7) is 4.98. The van der Waals surface area contributed by atoms with Crippen LogP contribution in [0.1, 0.15) is 23.6 Å². The molecule has 0 fully saturated rings. The van der Waals surface area contributed by atoms with Crippen LogP contribution in [0.4, 0.5) is 0 Å². The van der Waals surface area contributed by atoms with Crippen LogP contribution in [0.5, 0.6) is 0 Å². The number of rotatable bonds is 8. The van der Waals surface area contributed by atoms with Crippen LogP contribution >= 0.6 is 12.4 Å². The lowest BCUT2D eigenvalue weighted by molar-refractivity contribution is -0.131. The molecule has 1 atom stereocenters. The fourth-order valence-corrected chi connectivity index (χ4v) is 2.52. The van der Waals surface area contributed by atoms with E-state index in [9.17, 15) is 4.79 Å². The highest BCUT2D eigenvalue weighted by Crippen LogP contribution is 2.15. The van der Waals surface area contributed by atoms with Crippen LogP contribution in [0.3, 0.4) is 0 Å². The molecule has 24 heavy (non-hydrogen) atoms. The van der Waals surface area contributed by atoms with Gasteiger partial charge in [0.15, 0.2) is 0 Å². The molecule has 0 bridgehead atoms. The number of amides is 1. The van der Waals surface area contributed by atoms with Crippen LogP contribution in [0.15, 0.2) is 73.3 Å². The summed E-state index contributed by atoms with van der Waals surface area (Å²) in [6, 6.07) is 19.6. The second-order valence-corrected chi connectivity index (χ2v) is 5.59. The fourth-order valence-electron chi connectivity index (χ4n) is 2.52. The second kappa shape index (κ2) is 10.6. The smallest absolute Gasteiger partial charge is 0.224 e. The molecule has 2 rings (SSSR count). The molecule has 0 spiro atoms. The molecule has 4 heteroatoms. The maximum Gasteiger partial charge on any atom is 0.224 e. The maximum atomic E-state index is 12.5. The highest BCUT2D eigenvalue weighted by Gasteiger charge is 2.17. The summed E-state index contributed by atoms with van der Waals surface area (Å²) < 4.78 is 0. The molecule has 1 amide bonds. The number of hydrogen-bond acceptors (Lipinski definition) is 2. The molecule has 0 heterocycles. The van der Waals surface area contributed by atoms with Gasteiger partial charge in [-0.05, 0) is 17.5 Å². The van der Waals surface area contributed by atoms with Gasteiger partial charge >= 0.3 is 0 Å². The molecule has 2 aromatic rings. The number of carbonyl (C=O) groups excluding carboxylic acids is 1. The Kier molecular flexibility index (Phi) is 8.84. The van der Waals surface area contributed by atoms with Crippen molar-refractivity contribution in [2.45, 2.75) is 18.9 Å². The van der Waals surface area contributed by atoms with Gasteiger partial charge in [0.2, 0.25) is 5.91 Å². The molecule has 128 valence electrons. The van der Waals surface area contributed by atoms with Crippen molar-refractivity contribution in [2.24, 2.45) is 5.73 Å². The lowest BCUT2D eigenvalue weighted by Crippen LogP contribution is -2.35. The Morgan fingerprint density at radius 1 is 1.08 bits per heavy atom. The van der Waals surface area contributed by atoms with Gasteiger partial charge in [0, 0.05) is 25.6 Å². The van der Waals surface area contributed by atoms with Crippen LogP contribution in [-0.2, 0) is 11.2 Å². The molecule has 0 radical (unpaired) electrons. The quantitative estimate of drug-likeness (QED) is 0.741. The summed E-state index contributed by atoms with van der Waals surface area (Å²) in [4.78, 5) is 14.4. The minimum Gasteiger partial charge on any atom is -0.339 e. The van der Waals surface area contributed by atoms with E-state index < -0.39 is 0 Å². The lowest BCUT2D eigenvalue weighted by Gasteiger charge is -2.23. The lowest BCUT2D eigenvalue weighted by atomic mass is 10.0. The van der Waals surface area contributed by atoms with E-state index in [-0.39, 0.29) is 24.4 Å². The van der Waals surface area contributed by atoms with Crippen molar-refractivity contribution in [3.05, 3.63) is 84.4 Å². The molecule has 0 aliphatic rings. The number of hydrogen-bond donors (Lipinski definition) is 1. The molecule has 1 unspecified atom stereocenters. The zero-order valence-electron chi connectivity index (χ0n) is 13.8. The SMILES string of the molecule is C=CCN(CCc1ccccc1)C(=O)CC(N)c1ccccc1.Cl. The predicted octanol–water partition coefficient (Wildman–Crippen LogP) is 3.76. The highest BCUT2D eigenvalue weighted by atomic mass is 35.5. The van der Waals surface area contributed by atoms with Crippen molar-refractivity contribution in [1.29, 1.82) is 0 Å². The van der Waals surface area contributed by atoms with Crippen molar-refractivity contribution in [3.8, 4) is 0 Å². The molecular weight excluding hydrogens is 320 g/mol. The van der Waals surface area contributed by atoms with Gasteiger partial charge in [0.1, 0.15) is 0 Å². The predicted molar refractivity (Wildman–Crippen MR) is 102 cm³/mol. The van der Waals surface area contributed by atoms with Crippen molar-refractivity contribution in [1.82, 2.24) is 4.90 Å². The van der Waals surface area contributed by atoms with E-state index in [1.807, 2.05) is 53.4 Å². The molecule has 0 saturated heterocycles. The van der Waals surface area contributed by atoms with Crippen LogP contribution in [0.2, 0.25) is 0 Å². The second-order valence-electron chi connectivity index (χ2n) is 5.59. The van der Waals surface area contributed by atoms with E-state index in [1.165, 1.54) is 5.56 Å². The first-order valence-corrected chi connectivity index (χ1v) is 7.94. The maximum absolute atomic E-state index is 12.5. The fraction of sp³-hybridized carbons (Fsp3) is 0.250. The average molecular weight is 345 g/mol. The number of nitrogens with two attached hydrogens (primary N) is 1. The van der Waals surface area contributed by atoms with Gasteiger partial charge in [0.05, 0.1) is 0 Å². The zero-order chi connectivity index (χ0) is 16.5. The van der Waals surface area contributed by atoms with Gasteiger partial charge < -0.3 is 10.6 Å². The van der Waals surface area contributed by atoms with E-state index in [1.54, 1.807) is 6.08 Å². The topological polar surface area (TPSA) is 46.3 Å². The number of benzene rings is 2. The van der Waals surface area contributed by atoms with E-state index in [2.05, 4.69) is 18.7 Å². The Balaban J connectivity index is 0.00000288. The number of halogens is 1. The normalized spacial score (nSPS) is 11.2. The van der Waals surface area contributed by atoms with E-state index >= 15 is 0 Å². The van der Waals surface area contributed by atoms with Crippen molar-refractivity contribution in [2.75, 3.05) is 13.1 Å². The first-order chi connectivity index (χ1) is 11.2. The van der Waals surface area contributed by atoms with Crippen LogP contribution in [0, 0.1) is 0 Å². The van der Waals surface area contributed by atoms with Crippen LogP contribution in [0.25, 0.3) is 0 Å². The Morgan fingerprint density at radius 3 is 2.25 bits per heavy atom. The van der Waals surface area contributed by atoms with Crippen molar-refractivity contribution in [3.63, 3.8) is 0 Å². The largest absolute Gasteiger partial charge is 0.339 e. The first kappa shape index (κ1) is 19.9. The van der Waals surface area contributed by atoms with Gasteiger partial charge in [-0.3, -0.25) is 4.79 Å². The molecule has 0 aliphatic carbocycles. The molecule has 2 N–H and O–H groups in total. The molecule has 0 aliphatic heterocycles. The summed E-state index contributed by atoms with van der Waals surface area (Å²) in [5.74, 6) is 0.0668. The van der Waals surface area contributed by atoms with Gasteiger partial charge in [-0.2, -0.15) is 0 Å². The molecule has 3 nitrogen and oxygen atoms in total. The van der Waals surface area contributed by atoms with Gasteiger partial charge in [0.25, 0.3) is 0 Å². The molecule has 0 aromatic heterocycles. The third-order valence-corrected chi connectivity index (χ3v) is 3.84. The molecule has 0 saturated carbocycles. The van der Waals surface area contributed by atoms with Gasteiger partial charge in [-0.25, -0.2) is 0 Å². The molecular formula is C20H25ClN2O. The minimum absolute atomic E-state index is 0. The van der Waals surface area contributed by atoms with Crippen molar-refractivity contribution >= 4 is 18.3 Å². The number of carbonyl (C=O) groups is 1. The Bertz CT molecular complexity index is 616. The highest BCUT2D eigenvalue weighted by molar-refractivity contribution is 5.85. The summed E-state index contributed by atoms with van der Waals surface area (Å²) in [7, 11) is 0. The van der Waals surface area contributed by atoms with E-state index in [0.717, 1.165) is 12.0 Å². The minimum atomic E-state index is -0.271. The zero-order valence-corrected chi connectivity index (χ0v) is 14.6. The Labute approximate surface area is 150 Å². The summed E-state index contributed by atoms with van der Waals surface area (Å²) in [5, 5.41) is 0. The summed E-state index contributed by atoms with van der Waals surface area (Å²) in [5.41, 5.74) is 8.38. The summed E-state index contributed by atoms with van der Waals surface area (Å²) >= 11 is 0. The third kappa shape index (κ3) is 6.19. The average Bonchev–Trinajstić information content (AvgIpc) is 2.60. The third-order valence-electron chi connectivity index (χ3n) is 3.84. The van der Waals surface area contributed by atoms with E-state index in [4.69, 9.17) is 5.73 Å².